The Hall–Kier alpha value is -0.860. The van der Waals surface area contributed by atoms with Crippen LogP contribution in [0.1, 0.15) is 37.8 Å². The molecule has 1 aromatic carbocycles. The van der Waals surface area contributed by atoms with Gasteiger partial charge in [0.05, 0.1) is 13.2 Å². The van der Waals surface area contributed by atoms with E-state index in [2.05, 4.69) is 19.1 Å². The van der Waals surface area contributed by atoms with Crippen molar-refractivity contribution < 1.29 is 9.47 Å². The van der Waals surface area contributed by atoms with E-state index in [0.717, 1.165) is 12.8 Å². The van der Waals surface area contributed by atoms with Crippen LogP contribution in [0.4, 0.5) is 0 Å². The molecule has 0 saturated carbocycles. The van der Waals surface area contributed by atoms with Gasteiger partial charge >= 0.3 is 0 Å². The zero-order valence-electron chi connectivity index (χ0n) is 9.45. The van der Waals surface area contributed by atoms with Gasteiger partial charge in [-0.25, -0.2) is 0 Å². The molecular weight excluding hydrogens is 188 g/mol. The van der Waals surface area contributed by atoms with Gasteiger partial charge in [-0.3, -0.25) is 0 Å². The maximum Gasteiger partial charge on any atom is 0.166 e. The van der Waals surface area contributed by atoms with Crippen LogP contribution in [0, 0.1) is 0 Å². The maximum atomic E-state index is 5.84. The molecule has 0 aliphatic carbocycles. The Kier molecular flexibility index (Phi) is 3.08. The highest BCUT2D eigenvalue weighted by Crippen LogP contribution is 2.27. The third-order valence-electron chi connectivity index (χ3n) is 2.89. The molecule has 2 nitrogen and oxygen atoms in total. The van der Waals surface area contributed by atoms with Crippen molar-refractivity contribution >= 4 is 0 Å². The Bertz CT molecular complexity index is 306. The molecule has 2 heteroatoms. The van der Waals surface area contributed by atoms with Gasteiger partial charge in [-0.15, -0.1) is 0 Å². The lowest BCUT2D eigenvalue weighted by Gasteiger charge is -2.27. The molecule has 82 valence electrons. The molecule has 0 fully saturated rings. The van der Waals surface area contributed by atoms with Crippen LogP contribution in [-0.4, -0.2) is 5.79 Å². The van der Waals surface area contributed by atoms with Crippen molar-refractivity contribution in [1.29, 1.82) is 0 Å². The van der Waals surface area contributed by atoms with Gasteiger partial charge < -0.3 is 9.47 Å². The van der Waals surface area contributed by atoms with Gasteiger partial charge in [0, 0.05) is 6.42 Å². The fourth-order valence-corrected chi connectivity index (χ4v) is 1.94. The fraction of sp³-hybridized carbons (Fsp3) is 0.538. The first-order valence-electron chi connectivity index (χ1n) is 5.58. The van der Waals surface area contributed by atoms with Gasteiger partial charge in [0.15, 0.2) is 5.79 Å². The van der Waals surface area contributed by atoms with E-state index >= 15 is 0 Å². The van der Waals surface area contributed by atoms with E-state index in [1.54, 1.807) is 0 Å². The molecule has 0 atom stereocenters. The van der Waals surface area contributed by atoms with E-state index in [-0.39, 0.29) is 0 Å². The standard InChI is InChI=1S/C13H18O2/c1-3-8-13(2)14-9-11-6-4-5-7-12(11)10-15-13/h4-7H,3,8-10H2,1-2H3. The molecule has 15 heavy (non-hydrogen) atoms. The van der Waals surface area contributed by atoms with E-state index in [1.165, 1.54) is 11.1 Å². The molecule has 0 amide bonds. The second-order valence-corrected chi connectivity index (χ2v) is 4.23. The summed E-state index contributed by atoms with van der Waals surface area (Å²) in [5.74, 6) is -0.409. The van der Waals surface area contributed by atoms with Gasteiger partial charge in [0.1, 0.15) is 0 Å². The van der Waals surface area contributed by atoms with Crippen LogP contribution in [0.25, 0.3) is 0 Å². The normalized spacial score (nSPS) is 19.3. The third-order valence-corrected chi connectivity index (χ3v) is 2.89. The SMILES string of the molecule is CCCC1(C)OCc2ccccc2CO1. The number of hydrogen-bond acceptors (Lipinski definition) is 2. The topological polar surface area (TPSA) is 18.5 Å². The number of fused-ring (bicyclic) bond motifs is 1. The van der Waals surface area contributed by atoms with Crippen molar-refractivity contribution in [1.82, 2.24) is 0 Å². The fourth-order valence-electron chi connectivity index (χ4n) is 1.94. The maximum absolute atomic E-state index is 5.84. The minimum absolute atomic E-state index is 0.409. The zero-order valence-corrected chi connectivity index (χ0v) is 9.45. The highest BCUT2D eigenvalue weighted by atomic mass is 16.7. The Morgan fingerprint density at radius 3 is 2.13 bits per heavy atom. The molecule has 2 rings (SSSR count). The lowest BCUT2D eigenvalue weighted by atomic mass is 10.1. The molecule has 0 saturated heterocycles. The quantitative estimate of drug-likeness (QED) is 0.739. The Balaban J connectivity index is 2.14. The lowest BCUT2D eigenvalue weighted by molar-refractivity contribution is -0.235. The van der Waals surface area contributed by atoms with E-state index in [4.69, 9.17) is 9.47 Å². The molecule has 0 bridgehead atoms. The van der Waals surface area contributed by atoms with Crippen molar-refractivity contribution in [2.24, 2.45) is 0 Å². The molecule has 0 spiro atoms. The summed E-state index contributed by atoms with van der Waals surface area (Å²) < 4.78 is 11.7. The predicted molar refractivity (Wildman–Crippen MR) is 59.3 cm³/mol. The average Bonchev–Trinajstić information content (AvgIpc) is 2.40. The molecule has 1 heterocycles. The second kappa shape index (κ2) is 4.33. The van der Waals surface area contributed by atoms with Crippen molar-refractivity contribution in [3.8, 4) is 0 Å². The summed E-state index contributed by atoms with van der Waals surface area (Å²) in [5, 5.41) is 0. The Morgan fingerprint density at radius 2 is 1.67 bits per heavy atom. The average molecular weight is 206 g/mol. The summed E-state index contributed by atoms with van der Waals surface area (Å²) in [6.45, 7) is 5.50. The van der Waals surface area contributed by atoms with Gasteiger partial charge in [-0.05, 0) is 18.1 Å². The number of rotatable bonds is 2. The van der Waals surface area contributed by atoms with Crippen LogP contribution < -0.4 is 0 Å². The highest BCUT2D eigenvalue weighted by molar-refractivity contribution is 5.26. The van der Waals surface area contributed by atoms with Gasteiger partial charge in [0.2, 0.25) is 0 Å². The molecule has 0 N–H and O–H groups in total. The van der Waals surface area contributed by atoms with E-state index in [9.17, 15) is 0 Å². The third kappa shape index (κ3) is 2.39. The van der Waals surface area contributed by atoms with Crippen molar-refractivity contribution in [3.63, 3.8) is 0 Å². The molecule has 1 aliphatic heterocycles. The second-order valence-electron chi connectivity index (χ2n) is 4.23. The Labute approximate surface area is 91.2 Å². The first kappa shape index (κ1) is 10.7. The van der Waals surface area contributed by atoms with Crippen LogP contribution >= 0.6 is 0 Å². The summed E-state index contributed by atoms with van der Waals surface area (Å²) in [4.78, 5) is 0. The Morgan fingerprint density at radius 1 is 1.13 bits per heavy atom. The summed E-state index contributed by atoms with van der Waals surface area (Å²) in [5.41, 5.74) is 2.50. The molecule has 0 aromatic heterocycles. The van der Waals surface area contributed by atoms with Crippen LogP contribution in [0.5, 0.6) is 0 Å². The van der Waals surface area contributed by atoms with Gasteiger partial charge in [0.25, 0.3) is 0 Å². The van der Waals surface area contributed by atoms with Crippen LogP contribution in [0.3, 0.4) is 0 Å². The first-order chi connectivity index (χ1) is 7.23. The first-order valence-corrected chi connectivity index (χ1v) is 5.58. The predicted octanol–water partition coefficient (Wildman–Crippen LogP) is 3.25. The zero-order chi connectivity index (χ0) is 10.7. The number of ether oxygens (including phenoxy) is 2. The molecule has 0 unspecified atom stereocenters. The van der Waals surface area contributed by atoms with Crippen LogP contribution in [0.2, 0.25) is 0 Å². The van der Waals surface area contributed by atoms with Crippen molar-refractivity contribution in [3.05, 3.63) is 35.4 Å². The molecule has 0 radical (unpaired) electrons. The summed E-state index contributed by atoms with van der Waals surface area (Å²) in [7, 11) is 0. The van der Waals surface area contributed by atoms with E-state index < -0.39 is 5.79 Å². The van der Waals surface area contributed by atoms with Crippen LogP contribution in [-0.2, 0) is 22.7 Å². The van der Waals surface area contributed by atoms with Crippen molar-refractivity contribution in [2.75, 3.05) is 0 Å². The minimum Gasteiger partial charge on any atom is -0.346 e. The smallest absolute Gasteiger partial charge is 0.166 e. The number of hydrogen-bond donors (Lipinski definition) is 0. The van der Waals surface area contributed by atoms with Gasteiger partial charge in [-0.2, -0.15) is 0 Å². The van der Waals surface area contributed by atoms with Gasteiger partial charge in [-0.1, -0.05) is 37.6 Å². The molecular formula is C13H18O2. The molecule has 1 aliphatic rings. The highest BCUT2D eigenvalue weighted by Gasteiger charge is 2.27. The number of benzene rings is 1. The minimum atomic E-state index is -0.409. The summed E-state index contributed by atoms with van der Waals surface area (Å²) in [6.07, 6.45) is 2.02. The monoisotopic (exact) mass is 206 g/mol. The van der Waals surface area contributed by atoms with E-state index in [1.807, 2.05) is 19.1 Å². The van der Waals surface area contributed by atoms with Crippen molar-refractivity contribution in [2.45, 2.75) is 45.7 Å². The summed E-state index contributed by atoms with van der Waals surface area (Å²) in [6, 6.07) is 8.31. The summed E-state index contributed by atoms with van der Waals surface area (Å²) >= 11 is 0. The largest absolute Gasteiger partial charge is 0.346 e. The van der Waals surface area contributed by atoms with E-state index in [0.29, 0.717) is 13.2 Å². The lowest BCUT2D eigenvalue weighted by Crippen LogP contribution is -2.30. The molecule has 1 aromatic rings. The van der Waals surface area contributed by atoms with Crippen LogP contribution in [0.15, 0.2) is 24.3 Å².